The molecule has 0 rings (SSSR count). The van der Waals surface area contributed by atoms with Crippen LogP contribution in [0.15, 0.2) is 0 Å². The fraction of sp³-hybridized carbons (Fsp3) is 0.933. The maximum Gasteiger partial charge on any atom is 0.234 e. The number of amides is 1. The van der Waals surface area contributed by atoms with Gasteiger partial charge in [-0.2, -0.15) is 0 Å². The standard InChI is InChI=1S/C15H33N3O2/c1-5-9-17-14(15(16)19)8-10-18(11-12-20-4)13(6-2)7-3/h13-14,17H,5-12H2,1-4H3,(H2,16,19). The van der Waals surface area contributed by atoms with Crippen molar-refractivity contribution in [2.75, 3.05) is 33.4 Å². The molecule has 5 heteroatoms. The lowest BCUT2D eigenvalue weighted by Crippen LogP contribution is -2.46. The van der Waals surface area contributed by atoms with E-state index in [1.165, 1.54) is 0 Å². The largest absolute Gasteiger partial charge is 0.383 e. The molecule has 0 aromatic heterocycles. The third-order valence-electron chi connectivity index (χ3n) is 3.73. The molecule has 20 heavy (non-hydrogen) atoms. The number of hydrogen-bond donors (Lipinski definition) is 2. The van der Waals surface area contributed by atoms with E-state index in [0.717, 1.165) is 51.9 Å². The first-order valence-corrected chi connectivity index (χ1v) is 7.86. The molecular formula is C15H33N3O2. The number of ether oxygens (including phenoxy) is 1. The van der Waals surface area contributed by atoms with Crippen molar-refractivity contribution >= 4 is 5.91 Å². The van der Waals surface area contributed by atoms with Crippen molar-refractivity contribution in [2.24, 2.45) is 5.73 Å². The van der Waals surface area contributed by atoms with Gasteiger partial charge in [0.25, 0.3) is 0 Å². The number of nitrogens with one attached hydrogen (secondary N) is 1. The number of hydrogen-bond acceptors (Lipinski definition) is 4. The van der Waals surface area contributed by atoms with Gasteiger partial charge in [-0.15, -0.1) is 0 Å². The minimum atomic E-state index is -0.255. The van der Waals surface area contributed by atoms with Gasteiger partial charge in [0.2, 0.25) is 5.91 Å². The van der Waals surface area contributed by atoms with E-state index in [-0.39, 0.29) is 11.9 Å². The van der Waals surface area contributed by atoms with Crippen LogP contribution < -0.4 is 11.1 Å². The summed E-state index contributed by atoms with van der Waals surface area (Å²) in [6.45, 7) is 9.82. The Hall–Kier alpha value is -0.650. The molecule has 0 saturated carbocycles. The summed E-state index contributed by atoms with van der Waals surface area (Å²) < 4.78 is 5.18. The number of nitrogens with two attached hydrogens (primary N) is 1. The van der Waals surface area contributed by atoms with E-state index in [4.69, 9.17) is 10.5 Å². The van der Waals surface area contributed by atoms with Crippen LogP contribution in [-0.2, 0) is 9.53 Å². The van der Waals surface area contributed by atoms with Gasteiger partial charge in [0.1, 0.15) is 0 Å². The SMILES string of the molecule is CCCNC(CCN(CCOC)C(CC)CC)C(N)=O. The van der Waals surface area contributed by atoms with Crippen LogP contribution >= 0.6 is 0 Å². The monoisotopic (exact) mass is 287 g/mol. The highest BCUT2D eigenvalue weighted by Gasteiger charge is 2.19. The molecule has 0 heterocycles. The lowest BCUT2D eigenvalue weighted by Gasteiger charge is -2.31. The van der Waals surface area contributed by atoms with Gasteiger partial charge >= 0.3 is 0 Å². The Labute approximate surface area is 124 Å². The maximum absolute atomic E-state index is 11.5. The van der Waals surface area contributed by atoms with Crippen LogP contribution in [0, 0.1) is 0 Å². The van der Waals surface area contributed by atoms with Gasteiger partial charge in [0.15, 0.2) is 0 Å². The van der Waals surface area contributed by atoms with Gasteiger partial charge in [-0.05, 0) is 32.2 Å². The Morgan fingerprint density at radius 3 is 2.35 bits per heavy atom. The smallest absolute Gasteiger partial charge is 0.234 e. The van der Waals surface area contributed by atoms with Gasteiger partial charge in [-0.3, -0.25) is 9.69 Å². The summed E-state index contributed by atoms with van der Waals surface area (Å²) in [5, 5.41) is 3.22. The molecule has 0 aromatic rings. The molecule has 1 unspecified atom stereocenters. The Morgan fingerprint density at radius 2 is 1.90 bits per heavy atom. The molecule has 0 fully saturated rings. The third-order valence-corrected chi connectivity index (χ3v) is 3.73. The number of rotatable bonds is 13. The van der Waals surface area contributed by atoms with E-state index in [2.05, 4.69) is 31.0 Å². The summed E-state index contributed by atoms with van der Waals surface area (Å²) in [6, 6.07) is 0.319. The minimum Gasteiger partial charge on any atom is -0.383 e. The number of carbonyl (C=O) groups is 1. The lowest BCUT2D eigenvalue weighted by atomic mass is 10.1. The summed E-state index contributed by atoms with van der Waals surface area (Å²) in [5.74, 6) is -0.255. The first-order valence-electron chi connectivity index (χ1n) is 7.86. The van der Waals surface area contributed by atoms with Crippen LogP contribution in [0.3, 0.4) is 0 Å². The zero-order valence-electron chi connectivity index (χ0n) is 13.7. The van der Waals surface area contributed by atoms with Crippen LogP contribution in [0.2, 0.25) is 0 Å². The van der Waals surface area contributed by atoms with Crippen molar-refractivity contribution in [2.45, 2.75) is 58.5 Å². The lowest BCUT2D eigenvalue weighted by molar-refractivity contribution is -0.120. The summed E-state index contributed by atoms with van der Waals surface area (Å²) in [6.07, 6.45) is 3.99. The van der Waals surface area contributed by atoms with Gasteiger partial charge < -0.3 is 15.8 Å². The predicted octanol–water partition coefficient (Wildman–Crippen LogP) is 1.37. The highest BCUT2D eigenvalue weighted by atomic mass is 16.5. The van der Waals surface area contributed by atoms with Crippen molar-refractivity contribution in [3.63, 3.8) is 0 Å². The highest BCUT2D eigenvalue weighted by Crippen LogP contribution is 2.10. The van der Waals surface area contributed by atoms with Gasteiger partial charge in [0.05, 0.1) is 12.6 Å². The summed E-state index contributed by atoms with van der Waals surface area (Å²) in [5.41, 5.74) is 5.46. The Morgan fingerprint density at radius 1 is 1.25 bits per heavy atom. The second-order valence-electron chi connectivity index (χ2n) is 5.20. The van der Waals surface area contributed by atoms with E-state index in [1.807, 2.05) is 0 Å². The Bertz CT molecular complexity index is 245. The van der Waals surface area contributed by atoms with Crippen LogP contribution in [0.4, 0.5) is 0 Å². The minimum absolute atomic E-state index is 0.227. The molecule has 0 aliphatic carbocycles. The molecule has 1 amide bonds. The van der Waals surface area contributed by atoms with Crippen LogP contribution in [0.25, 0.3) is 0 Å². The molecule has 0 spiro atoms. The van der Waals surface area contributed by atoms with Crippen LogP contribution in [0.1, 0.15) is 46.5 Å². The molecular weight excluding hydrogens is 254 g/mol. The average Bonchev–Trinajstić information content (AvgIpc) is 2.44. The van der Waals surface area contributed by atoms with Crippen molar-refractivity contribution in [3.05, 3.63) is 0 Å². The molecule has 0 bridgehead atoms. The quantitative estimate of drug-likeness (QED) is 0.537. The van der Waals surface area contributed by atoms with Crippen molar-refractivity contribution < 1.29 is 9.53 Å². The van der Waals surface area contributed by atoms with Crippen LogP contribution in [0.5, 0.6) is 0 Å². The molecule has 3 N–H and O–H groups in total. The number of methoxy groups -OCH3 is 1. The summed E-state index contributed by atoms with van der Waals surface area (Å²) >= 11 is 0. The highest BCUT2D eigenvalue weighted by molar-refractivity contribution is 5.79. The van der Waals surface area contributed by atoms with E-state index >= 15 is 0 Å². The average molecular weight is 287 g/mol. The Kier molecular flexibility index (Phi) is 11.7. The molecule has 120 valence electrons. The van der Waals surface area contributed by atoms with Crippen molar-refractivity contribution in [1.29, 1.82) is 0 Å². The zero-order valence-corrected chi connectivity index (χ0v) is 13.7. The van der Waals surface area contributed by atoms with Gasteiger partial charge in [-0.25, -0.2) is 0 Å². The second kappa shape index (κ2) is 12.1. The molecule has 0 radical (unpaired) electrons. The molecule has 0 aliphatic rings. The topological polar surface area (TPSA) is 67.6 Å². The number of nitrogens with zero attached hydrogens (tertiary/aromatic N) is 1. The zero-order chi connectivity index (χ0) is 15.4. The third kappa shape index (κ3) is 7.82. The molecule has 0 saturated heterocycles. The van der Waals surface area contributed by atoms with E-state index in [1.54, 1.807) is 7.11 Å². The fourth-order valence-electron chi connectivity index (χ4n) is 2.45. The first-order chi connectivity index (χ1) is 9.60. The first kappa shape index (κ1) is 19.4. The van der Waals surface area contributed by atoms with Crippen molar-refractivity contribution in [3.8, 4) is 0 Å². The van der Waals surface area contributed by atoms with Gasteiger partial charge in [-0.1, -0.05) is 20.8 Å². The van der Waals surface area contributed by atoms with E-state index in [9.17, 15) is 4.79 Å². The number of carbonyl (C=O) groups excluding carboxylic acids is 1. The Balaban J connectivity index is 4.41. The second-order valence-corrected chi connectivity index (χ2v) is 5.20. The summed E-state index contributed by atoms with van der Waals surface area (Å²) in [4.78, 5) is 13.9. The van der Waals surface area contributed by atoms with E-state index in [0.29, 0.717) is 6.04 Å². The molecule has 1 atom stereocenters. The maximum atomic E-state index is 11.5. The molecule has 0 aliphatic heterocycles. The van der Waals surface area contributed by atoms with E-state index < -0.39 is 0 Å². The number of primary amides is 1. The predicted molar refractivity (Wildman–Crippen MR) is 83.7 cm³/mol. The fourth-order valence-corrected chi connectivity index (χ4v) is 2.45. The molecule has 5 nitrogen and oxygen atoms in total. The summed E-state index contributed by atoms with van der Waals surface area (Å²) in [7, 11) is 1.72. The van der Waals surface area contributed by atoms with Crippen LogP contribution in [-0.4, -0.2) is 56.2 Å². The molecule has 0 aromatic carbocycles. The normalized spacial score (nSPS) is 13.1. The van der Waals surface area contributed by atoms with Crippen molar-refractivity contribution in [1.82, 2.24) is 10.2 Å². The van der Waals surface area contributed by atoms with Gasteiger partial charge in [0, 0.05) is 26.2 Å².